The Morgan fingerprint density at radius 1 is 1.39 bits per heavy atom. The lowest BCUT2D eigenvalue weighted by Crippen LogP contribution is -2.48. The molecule has 0 spiro atoms. The van der Waals surface area contributed by atoms with Gasteiger partial charge in [-0.25, -0.2) is 4.79 Å². The first kappa shape index (κ1) is 17.3. The van der Waals surface area contributed by atoms with Crippen LogP contribution in [-0.4, -0.2) is 52.2 Å². The van der Waals surface area contributed by atoms with Crippen molar-refractivity contribution >= 4 is 5.97 Å². The Hall–Kier alpha value is -0.690. The van der Waals surface area contributed by atoms with E-state index in [1.54, 1.807) is 6.92 Å². The van der Waals surface area contributed by atoms with Crippen molar-refractivity contribution in [1.29, 1.82) is 0 Å². The quantitative estimate of drug-likeness (QED) is 0.489. The van der Waals surface area contributed by atoms with Gasteiger partial charge in [0.15, 0.2) is 5.60 Å². The number of methoxy groups -OCH3 is 1. The summed E-state index contributed by atoms with van der Waals surface area (Å²) < 4.78 is 4.92. The van der Waals surface area contributed by atoms with Gasteiger partial charge in [-0.05, 0) is 26.2 Å². The van der Waals surface area contributed by atoms with Crippen molar-refractivity contribution in [2.45, 2.75) is 57.5 Å². The van der Waals surface area contributed by atoms with E-state index >= 15 is 0 Å². The molecule has 5 N–H and O–H groups in total. The number of carboxylic acid groups (broad SMARTS) is 1. The Morgan fingerprint density at radius 2 is 1.89 bits per heavy atom. The molecule has 0 heterocycles. The molecule has 108 valence electrons. The molecule has 0 aromatic heterocycles. The van der Waals surface area contributed by atoms with E-state index in [4.69, 9.17) is 15.6 Å². The van der Waals surface area contributed by atoms with E-state index in [2.05, 4.69) is 0 Å². The lowest BCUT2D eigenvalue weighted by Gasteiger charge is -2.31. The summed E-state index contributed by atoms with van der Waals surface area (Å²) in [6.07, 6.45) is -1.15. The van der Waals surface area contributed by atoms with Gasteiger partial charge in [-0.15, -0.1) is 0 Å². The van der Waals surface area contributed by atoms with Gasteiger partial charge in [0.05, 0.1) is 12.2 Å². The Balaban J connectivity index is 4.55. The van der Waals surface area contributed by atoms with Crippen molar-refractivity contribution in [3.63, 3.8) is 0 Å². The van der Waals surface area contributed by atoms with Gasteiger partial charge in [-0.3, -0.25) is 0 Å². The summed E-state index contributed by atoms with van der Waals surface area (Å²) in [5.41, 5.74) is 4.40. The Kier molecular flexibility index (Phi) is 6.77. The van der Waals surface area contributed by atoms with Crippen molar-refractivity contribution in [2.75, 3.05) is 7.11 Å². The molecule has 6 heteroatoms. The average molecular weight is 263 g/mol. The van der Waals surface area contributed by atoms with Crippen LogP contribution in [0.2, 0.25) is 0 Å². The fraction of sp³-hybridized carbons (Fsp3) is 0.917. The van der Waals surface area contributed by atoms with Crippen molar-refractivity contribution in [1.82, 2.24) is 0 Å². The van der Waals surface area contributed by atoms with Gasteiger partial charge in [0, 0.05) is 19.6 Å². The molecule has 0 rings (SSSR count). The summed E-state index contributed by atoms with van der Waals surface area (Å²) in [5, 5.41) is 28.3. The van der Waals surface area contributed by atoms with Crippen molar-refractivity contribution < 1.29 is 24.9 Å². The average Bonchev–Trinajstić information content (AvgIpc) is 2.26. The van der Waals surface area contributed by atoms with E-state index in [0.29, 0.717) is 6.42 Å². The number of carbonyl (C=O) groups is 1. The molecule has 0 bridgehead atoms. The molecule has 5 atom stereocenters. The van der Waals surface area contributed by atoms with Crippen LogP contribution in [0.4, 0.5) is 0 Å². The van der Waals surface area contributed by atoms with Crippen molar-refractivity contribution in [2.24, 2.45) is 11.7 Å². The molecule has 0 saturated heterocycles. The molecule has 0 aliphatic carbocycles. The highest BCUT2D eigenvalue weighted by Gasteiger charge is 2.38. The molecule has 0 aromatic rings. The van der Waals surface area contributed by atoms with Gasteiger partial charge in [-0.1, -0.05) is 6.92 Å². The van der Waals surface area contributed by atoms with Crippen molar-refractivity contribution in [3.05, 3.63) is 0 Å². The van der Waals surface area contributed by atoms with E-state index in [1.165, 1.54) is 14.0 Å². The van der Waals surface area contributed by atoms with Crippen LogP contribution < -0.4 is 5.73 Å². The van der Waals surface area contributed by atoms with Crippen LogP contribution >= 0.6 is 0 Å². The minimum atomic E-state index is -1.46. The maximum absolute atomic E-state index is 11.0. The molecule has 0 aromatic carbocycles. The lowest BCUT2D eigenvalue weighted by molar-refractivity contribution is -0.164. The first-order valence-electron chi connectivity index (χ1n) is 6.04. The monoisotopic (exact) mass is 263 g/mol. The predicted octanol–water partition coefficient (Wildman–Crippen LogP) is -0.0386. The number of carboxylic acids is 1. The Labute approximate surface area is 108 Å². The highest BCUT2D eigenvalue weighted by Crippen LogP contribution is 2.22. The molecule has 0 saturated carbocycles. The number of aliphatic carboxylic acids is 1. The predicted molar refractivity (Wildman–Crippen MR) is 67.1 cm³/mol. The third kappa shape index (κ3) is 4.89. The fourth-order valence-corrected chi connectivity index (χ4v) is 1.87. The van der Waals surface area contributed by atoms with Crippen LogP contribution in [0.3, 0.4) is 0 Å². The summed E-state index contributed by atoms with van der Waals surface area (Å²) in [6, 6.07) is -0.603. The Morgan fingerprint density at radius 3 is 2.22 bits per heavy atom. The van der Waals surface area contributed by atoms with E-state index in [1.807, 2.05) is 6.92 Å². The molecule has 0 radical (unpaired) electrons. The van der Waals surface area contributed by atoms with Gasteiger partial charge < -0.3 is 25.8 Å². The summed E-state index contributed by atoms with van der Waals surface area (Å²) in [5.74, 6) is -1.26. The third-order valence-corrected chi connectivity index (χ3v) is 3.32. The summed E-state index contributed by atoms with van der Waals surface area (Å²) >= 11 is 0. The zero-order valence-electron chi connectivity index (χ0n) is 11.5. The molecule has 0 aliphatic rings. The van der Waals surface area contributed by atoms with E-state index in [9.17, 15) is 15.0 Å². The molecule has 6 nitrogen and oxygen atoms in total. The number of hydrogen-bond acceptors (Lipinski definition) is 5. The minimum Gasteiger partial charge on any atom is -0.479 e. The largest absolute Gasteiger partial charge is 0.479 e. The molecule has 3 unspecified atom stereocenters. The van der Waals surface area contributed by atoms with Crippen LogP contribution in [0, 0.1) is 5.92 Å². The summed E-state index contributed by atoms with van der Waals surface area (Å²) in [6.45, 7) is 4.85. The second kappa shape index (κ2) is 7.04. The number of aliphatic hydroxyl groups is 2. The van der Waals surface area contributed by atoms with E-state index in [0.717, 1.165) is 0 Å². The number of ether oxygens (including phenoxy) is 1. The van der Waals surface area contributed by atoms with Gasteiger partial charge in [0.2, 0.25) is 0 Å². The van der Waals surface area contributed by atoms with Crippen LogP contribution in [-0.2, 0) is 9.53 Å². The first-order valence-corrected chi connectivity index (χ1v) is 6.04. The van der Waals surface area contributed by atoms with Gasteiger partial charge in [0.25, 0.3) is 0 Å². The third-order valence-electron chi connectivity index (χ3n) is 3.32. The highest BCUT2D eigenvalue weighted by atomic mass is 16.5. The summed E-state index contributed by atoms with van der Waals surface area (Å²) in [7, 11) is 1.28. The first-order chi connectivity index (χ1) is 8.14. The highest BCUT2D eigenvalue weighted by molar-refractivity contribution is 5.76. The number of aliphatic hydroxyl groups excluding tert-OH is 2. The second-order valence-corrected chi connectivity index (χ2v) is 5.15. The number of nitrogens with two attached hydrogens (primary N) is 1. The normalized spacial score (nSPS) is 21.7. The smallest absolute Gasteiger partial charge is 0.335 e. The standard InChI is InChI=1S/C12H25NO5/c1-7(5-8(2)14)10(13)9(15)6-12(3,18-4)11(16)17/h7-10,14-15H,5-6,13H2,1-4H3,(H,16,17)/t7?,8-,9+,10?,12?/m1/s1. The maximum Gasteiger partial charge on any atom is 0.335 e. The van der Waals surface area contributed by atoms with Gasteiger partial charge in [-0.2, -0.15) is 0 Å². The number of hydrogen-bond donors (Lipinski definition) is 4. The molecular formula is C12H25NO5. The molecule has 0 amide bonds. The summed E-state index contributed by atoms with van der Waals surface area (Å²) in [4.78, 5) is 11.0. The van der Waals surface area contributed by atoms with Crippen LogP contribution in [0.1, 0.15) is 33.6 Å². The molecule has 18 heavy (non-hydrogen) atoms. The fourth-order valence-electron chi connectivity index (χ4n) is 1.87. The van der Waals surface area contributed by atoms with E-state index in [-0.39, 0.29) is 12.3 Å². The van der Waals surface area contributed by atoms with Crippen LogP contribution in [0.25, 0.3) is 0 Å². The van der Waals surface area contributed by atoms with Crippen LogP contribution in [0.5, 0.6) is 0 Å². The maximum atomic E-state index is 11.0. The molecule has 0 fully saturated rings. The molecule has 0 aliphatic heterocycles. The van der Waals surface area contributed by atoms with Crippen molar-refractivity contribution in [3.8, 4) is 0 Å². The number of rotatable bonds is 8. The second-order valence-electron chi connectivity index (χ2n) is 5.15. The lowest BCUT2D eigenvalue weighted by atomic mass is 9.87. The topological polar surface area (TPSA) is 113 Å². The van der Waals surface area contributed by atoms with E-state index < -0.39 is 29.8 Å². The SMILES string of the molecule is COC(C)(C[C@H](O)C(N)C(C)C[C@@H](C)O)C(=O)O. The van der Waals surface area contributed by atoms with Crippen LogP contribution in [0.15, 0.2) is 0 Å². The molecular weight excluding hydrogens is 238 g/mol. The Bertz CT molecular complexity index is 271. The minimum absolute atomic E-state index is 0.0931. The zero-order chi connectivity index (χ0) is 14.5. The van der Waals surface area contributed by atoms with Gasteiger partial charge >= 0.3 is 5.97 Å². The zero-order valence-corrected chi connectivity index (χ0v) is 11.5. The van der Waals surface area contributed by atoms with Gasteiger partial charge in [0.1, 0.15) is 0 Å².